The summed E-state index contributed by atoms with van der Waals surface area (Å²) in [6, 6.07) is 5.93. The number of ether oxygens (including phenoxy) is 1. The van der Waals surface area contributed by atoms with E-state index in [1.54, 1.807) is 6.20 Å². The number of carbonyl (C=O) groups is 1. The van der Waals surface area contributed by atoms with Crippen molar-refractivity contribution in [3.05, 3.63) is 45.7 Å². The molecule has 2 aliphatic rings. The summed E-state index contributed by atoms with van der Waals surface area (Å²) in [7, 11) is 0. The third-order valence-corrected chi connectivity index (χ3v) is 5.75. The van der Waals surface area contributed by atoms with E-state index in [9.17, 15) is 9.59 Å². The van der Waals surface area contributed by atoms with Crippen molar-refractivity contribution in [3.8, 4) is 0 Å². The molecule has 2 aromatic rings. The Morgan fingerprint density at radius 2 is 2.19 bits per heavy atom. The maximum Gasteiger partial charge on any atom is 0.259 e. The Kier molecular flexibility index (Phi) is 4.14. The molecule has 26 heavy (non-hydrogen) atoms. The van der Waals surface area contributed by atoms with Gasteiger partial charge < -0.3 is 14.2 Å². The topological polar surface area (TPSA) is 51.5 Å². The number of pyridine rings is 1. The predicted octanol–water partition coefficient (Wildman–Crippen LogP) is 2.98. The summed E-state index contributed by atoms with van der Waals surface area (Å²) < 4.78 is 7.87. The first kappa shape index (κ1) is 17.3. The van der Waals surface area contributed by atoms with Crippen LogP contribution in [0, 0.1) is 0 Å². The van der Waals surface area contributed by atoms with Crippen LogP contribution in [0.15, 0.2) is 29.2 Å². The number of aryl methyl sites for hydroxylation is 2. The monoisotopic (exact) mass is 354 g/mol. The highest BCUT2D eigenvalue weighted by Gasteiger charge is 2.35. The molecule has 0 unspecified atom stereocenters. The summed E-state index contributed by atoms with van der Waals surface area (Å²) in [5, 5.41) is 0.661. The normalized spacial score (nSPS) is 21.1. The van der Waals surface area contributed by atoms with E-state index in [4.69, 9.17) is 4.74 Å². The Bertz CT molecular complexity index is 929. The average molecular weight is 354 g/mol. The zero-order valence-corrected chi connectivity index (χ0v) is 15.7. The summed E-state index contributed by atoms with van der Waals surface area (Å²) in [5.41, 5.74) is 2.09. The first-order chi connectivity index (χ1) is 12.4. The number of rotatable bonds is 3. The van der Waals surface area contributed by atoms with Crippen molar-refractivity contribution in [1.29, 1.82) is 0 Å². The van der Waals surface area contributed by atoms with Crippen LogP contribution in [0.25, 0.3) is 10.9 Å². The minimum Gasteiger partial charge on any atom is -0.375 e. The Morgan fingerprint density at radius 3 is 2.92 bits per heavy atom. The summed E-state index contributed by atoms with van der Waals surface area (Å²) in [4.78, 5) is 28.2. The molecule has 5 nitrogen and oxygen atoms in total. The van der Waals surface area contributed by atoms with Gasteiger partial charge >= 0.3 is 0 Å². The van der Waals surface area contributed by atoms with Crippen molar-refractivity contribution in [2.45, 2.75) is 58.2 Å². The van der Waals surface area contributed by atoms with Crippen molar-refractivity contribution < 1.29 is 9.53 Å². The summed E-state index contributed by atoms with van der Waals surface area (Å²) in [5.74, 6) is -0.150. The van der Waals surface area contributed by atoms with E-state index in [1.165, 1.54) is 5.56 Å². The molecule has 0 N–H and O–H groups in total. The minimum atomic E-state index is -0.238. The molecule has 1 saturated heterocycles. The lowest BCUT2D eigenvalue weighted by Crippen LogP contribution is -2.49. The first-order valence-electron chi connectivity index (χ1n) is 9.51. The van der Waals surface area contributed by atoms with Crippen LogP contribution in [0.2, 0.25) is 0 Å². The fraction of sp³-hybridized carbons (Fsp3) is 0.524. The van der Waals surface area contributed by atoms with Gasteiger partial charge in [0, 0.05) is 37.3 Å². The van der Waals surface area contributed by atoms with Gasteiger partial charge in [0.15, 0.2) is 0 Å². The zero-order chi connectivity index (χ0) is 18.5. The first-order valence-corrected chi connectivity index (χ1v) is 9.51. The molecule has 1 amide bonds. The zero-order valence-electron chi connectivity index (χ0n) is 15.7. The van der Waals surface area contributed by atoms with Crippen LogP contribution in [0.5, 0.6) is 0 Å². The molecule has 4 rings (SSSR count). The van der Waals surface area contributed by atoms with E-state index in [0.717, 1.165) is 31.3 Å². The number of aromatic nitrogens is 1. The van der Waals surface area contributed by atoms with E-state index in [2.05, 4.69) is 24.5 Å². The second kappa shape index (κ2) is 6.23. The molecule has 0 aliphatic carbocycles. The molecule has 0 bridgehead atoms. The van der Waals surface area contributed by atoms with Crippen LogP contribution in [0.1, 0.15) is 49.5 Å². The Hall–Kier alpha value is -2.14. The molecule has 5 heteroatoms. The van der Waals surface area contributed by atoms with E-state index >= 15 is 0 Å². The van der Waals surface area contributed by atoms with Gasteiger partial charge in [0.1, 0.15) is 5.56 Å². The molecular formula is C21H26N2O3. The molecular weight excluding hydrogens is 328 g/mol. The smallest absolute Gasteiger partial charge is 0.259 e. The van der Waals surface area contributed by atoms with E-state index in [0.29, 0.717) is 24.1 Å². The molecule has 0 radical (unpaired) electrons. The van der Waals surface area contributed by atoms with Gasteiger partial charge in [-0.2, -0.15) is 0 Å². The third-order valence-electron chi connectivity index (χ3n) is 5.75. The van der Waals surface area contributed by atoms with E-state index in [1.807, 2.05) is 24.0 Å². The molecule has 3 heterocycles. The van der Waals surface area contributed by atoms with Crippen molar-refractivity contribution >= 4 is 16.8 Å². The van der Waals surface area contributed by atoms with Crippen LogP contribution < -0.4 is 5.43 Å². The van der Waals surface area contributed by atoms with E-state index in [-0.39, 0.29) is 23.0 Å². The highest BCUT2D eigenvalue weighted by Crippen LogP contribution is 2.29. The number of para-hydroxylation sites is 1. The molecule has 1 atom stereocenters. The number of benzene rings is 1. The standard InChI is InChI=1S/C21H26N2O3/c1-4-23(15-9-11-26-21(2,3)12-15)20(25)17-13-22-10-8-14-6-5-7-16(18(14)22)19(17)24/h5-7,13,15H,4,8-12H2,1-3H3/t15-/m0/s1. The van der Waals surface area contributed by atoms with Gasteiger partial charge in [-0.1, -0.05) is 12.1 Å². The predicted molar refractivity (Wildman–Crippen MR) is 102 cm³/mol. The Labute approximate surface area is 153 Å². The second-order valence-electron chi connectivity index (χ2n) is 7.97. The van der Waals surface area contributed by atoms with Crippen LogP contribution in [-0.2, 0) is 17.7 Å². The summed E-state index contributed by atoms with van der Waals surface area (Å²) in [6.45, 7) is 8.17. The lowest BCUT2D eigenvalue weighted by molar-refractivity contribution is -0.0777. The second-order valence-corrected chi connectivity index (χ2v) is 7.97. The molecule has 2 aliphatic heterocycles. The number of amides is 1. The fourth-order valence-corrected chi connectivity index (χ4v) is 4.50. The quantitative estimate of drug-likeness (QED) is 0.851. The largest absolute Gasteiger partial charge is 0.375 e. The van der Waals surface area contributed by atoms with Crippen LogP contribution >= 0.6 is 0 Å². The van der Waals surface area contributed by atoms with Crippen LogP contribution in [0.4, 0.5) is 0 Å². The fourth-order valence-electron chi connectivity index (χ4n) is 4.50. The van der Waals surface area contributed by atoms with Gasteiger partial charge in [-0.25, -0.2) is 0 Å². The lowest BCUT2D eigenvalue weighted by atomic mass is 9.92. The van der Waals surface area contributed by atoms with Crippen molar-refractivity contribution in [2.24, 2.45) is 0 Å². The van der Waals surface area contributed by atoms with Crippen molar-refractivity contribution in [3.63, 3.8) is 0 Å². The molecule has 1 aromatic carbocycles. The van der Waals surface area contributed by atoms with Gasteiger partial charge in [-0.05, 0) is 51.7 Å². The maximum absolute atomic E-state index is 13.3. The van der Waals surface area contributed by atoms with Crippen molar-refractivity contribution in [1.82, 2.24) is 9.47 Å². The van der Waals surface area contributed by atoms with Crippen LogP contribution in [0.3, 0.4) is 0 Å². The lowest BCUT2D eigenvalue weighted by Gasteiger charge is -2.41. The van der Waals surface area contributed by atoms with Gasteiger partial charge in [-0.15, -0.1) is 0 Å². The third kappa shape index (κ3) is 2.75. The molecule has 1 fully saturated rings. The number of nitrogens with zero attached hydrogens (tertiary/aromatic N) is 2. The number of hydrogen-bond donors (Lipinski definition) is 0. The SMILES string of the molecule is CCN(C(=O)c1cn2c3c(cccc3c1=O)CC2)[C@H]1CCOC(C)(C)C1. The highest BCUT2D eigenvalue weighted by molar-refractivity contribution is 5.98. The summed E-state index contributed by atoms with van der Waals surface area (Å²) >= 11 is 0. The Balaban J connectivity index is 1.74. The van der Waals surface area contributed by atoms with Gasteiger partial charge in [0.05, 0.1) is 11.1 Å². The van der Waals surface area contributed by atoms with Gasteiger partial charge in [-0.3, -0.25) is 9.59 Å². The van der Waals surface area contributed by atoms with Crippen LogP contribution in [-0.4, -0.2) is 40.2 Å². The van der Waals surface area contributed by atoms with Crippen molar-refractivity contribution in [2.75, 3.05) is 13.2 Å². The summed E-state index contributed by atoms with van der Waals surface area (Å²) in [6.07, 6.45) is 4.30. The Morgan fingerprint density at radius 1 is 1.38 bits per heavy atom. The average Bonchev–Trinajstić information content (AvgIpc) is 3.02. The minimum absolute atomic E-state index is 0.108. The molecule has 0 spiro atoms. The number of carbonyl (C=O) groups excluding carboxylic acids is 1. The highest BCUT2D eigenvalue weighted by atomic mass is 16.5. The maximum atomic E-state index is 13.3. The molecule has 1 aromatic heterocycles. The number of hydrogen-bond acceptors (Lipinski definition) is 3. The van der Waals surface area contributed by atoms with Gasteiger partial charge in [0.25, 0.3) is 5.91 Å². The molecule has 0 saturated carbocycles. The van der Waals surface area contributed by atoms with E-state index < -0.39 is 0 Å². The van der Waals surface area contributed by atoms with Gasteiger partial charge in [0.2, 0.25) is 5.43 Å². The molecule has 138 valence electrons.